The molecule has 0 aliphatic heterocycles. The van der Waals surface area contributed by atoms with E-state index in [0.29, 0.717) is 5.75 Å². The fraction of sp³-hybridized carbons (Fsp3) is 0.222. The molecule has 0 saturated heterocycles. The maximum absolute atomic E-state index is 10.5. The van der Waals surface area contributed by atoms with Crippen LogP contribution in [0.25, 0.3) is 0 Å². The lowest BCUT2D eigenvalue weighted by molar-refractivity contribution is -0.144. The summed E-state index contributed by atoms with van der Waals surface area (Å²) in [7, 11) is 0. The van der Waals surface area contributed by atoms with Gasteiger partial charge in [-0.25, -0.2) is 4.79 Å². The second-order valence-corrected chi connectivity index (χ2v) is 4.44. The Labute approximate surface area is 98.3 Å². The van der Waals surface area contributed by atoms with E-state index >= 15 is 0 Å². The Morgan fingerprint density at radius 1 is 1.50 bits per heavy atom. The molecule has 0 aromatic heterocycles. The van der Waals surface area contributed by atoms with Gasteiger partial charge in [0, 0.05) is 4.47 Å². The molecule has 0 bridgehead atoms. The molecule has 1 atom stereocenters. The Morgan fingerprint density at radius 2 is 2.14 bits per heavy atom. The average molecular weight is 324 g/mol. The van der Waals surface area contributed by atoms with Crippen LogP contribution >= 0.6 is 31.9 Å². The van der Waals surface area contributed by atoms with Crippen LogP contribution in [0, 0.1) is 0 Å². The molecule has 1 aromatic rings. The van der Waals surface area contributed by atoms with Gasteiger partial charge in [0.25, 0.3) is 0 Å². The quantitative estimate of drug-likeness (QED) is 0.930. The van der Waals surface area contributed by atoms with Crippen molar-refractivity contribution >= 4 is 37.8 Å². The number of ether oxygens (including phenoxy) is 1. The fourth-order valence-electron chi connectivity index (χ4n) is 0.812. The zero-order valence-electron chi connectivity index (χ0n) is 7.33. The van der Waals surface area contributed by atoms with Gasteiger partial charge in [-0.2, -0.15) is 0 Å². The summed E-state index contributed by atoms with van der Waals surface area (Å²) in [5.41, 5.74) is 0. The third-order valence-electron chi connectivity index (χ3n) is 1.55. The number of halogens is 2. The molecule has 0 saturated carbocycles. The summed E-state index contributed by atoms with van der Waals surface area (Å²) in [4.78, 5) is 10.5. The first-order valence-electron chi connectivity index (χ1n) is 3.85. The topological polar surface area (TPSA) is 46.5 Å². The van der Waals surface area contributed by atoms with Crippen LogP contribution in [-0.2, 0) is 4.79 Å². The summed E-state index contributed by atoms with van der Waals surface area (Å²) in [6.45, 7) is 1.48. The van der Waals surface area contributed by atoms with Crippen LogP contribution in [0.2, 0.25) is 0 Å². The molecule has 0 heterocycles. The zero-order chi connectivity index (χ0) is 10.7. The SMILES string of the molecule is CC(Oc1ccc(Br)cc1Br)C(=O)O. The summed E-state index contributed by atoms with van der Waals surface area (Å²) in [6.07, 6.45) is -0.854. The van der Waals surface area contributed by atoms with Crippen molar-refractivity contribution in [3.63, 3.8) is 0 Å². The van der Waals surface area contributed by atoms with E-state index in [1.54, 1.807) is 18.2 Å². The van der Waals surface area contributed by atoms with E-state index in [4.69, 9.17) is 9.84 Å². The molecule has 1 aromatic carbocycles. The molecule has 0 fully saturated rings. The van der Waals surface area contributed by atoms with Crippen LogP contribution in [-0.4, -0.2) is 17.2 Å². The lowest BCUT2D eigenvalue weighted by atomic mass is 10.3. The number of hydrogen-bond donors (Lipinski definition) is 1. The predicted octanol–water partition coefficient (Wildman–Crippen LogP) is 3.06. The van der Waals surface area contributed by atoms with Crippen molar-refractivity contribution in [3.8, 4) is 5.75 Å². The Balaban J connectivity index is 2.82. The lowest BCUT2D eigenvalue weighted by Crippen LogP contribution is -2.22. The van der Waals surface area contributed by atoms with Crippen LogP contribution in [0.15, 0.2) is 27.1 Å². The summed E-state index contributed by atoms with van der Waals surface area (Å²) in [5, 5.41) is 8.64. The fourth-order valence-corrected chi connectivity index (χ4v) is 1.95. The van der Waals surface area contributed by atoms with Gasteiger partial charge in [-0.05, 0) is 41.1 Å². The molecular formula is C9H8Br2O3. The van der Waals surface area contributed by atoms with Crippen molar-refractivity contribution < 1.29 is 14.6 Å². The van der Waals surface area contributed by atoms with Crippen LogP contribution < -0.4 is 4.74 Å². The first-order valence-corrected chi connectivity index (χ1v) is 5.44. The Bertz CT molecular complexity index is 352. The summed E-state index contributed by atoms with van der Waals surface area (Å²) < 4.78 is 6.82. The smallest absolute Gasteiger partial charge is 0.344 e. The molecule has 1 unspecified atom stereocenters. The normalized spacial score (nSPS) is 12.2. The Hall–Kier alpha value is -0.550. The van der Waals surface area contributed by atoms with Crippen LogP contribution in [0.4, 0.5) is 0 Å². The van der Waals surface area contributed by atoms with Gasteiger partial charge in [0.05, 0.1) is 4.47 Å². The van der Waals surface area contributed by atoms with E-state index in [1.807, 2.05) is 0 Å². The van der Waals surface area contributed by atoms with Gasteiger partial charge in [-0.3, -0.25) is 0 Å². The van der Waals surface area contributed by atoms with E-state index in [1.165, 1.54) is 6.92 Å². The van der Waals surface area contributed by atoms with Crippen LogP contribution in [0.3, 0.4) is 0 Å². The Morgan fingerprint density at radius 3 is 2.64 bits per heavy atom. The standard InChI is InChI=1S/C9H8Br2O3/c1-5(9(12)13)14-8-3-2-6(10)4-7(8)11/h2-5H,1H3,(H,12,13). The highest BCUT2D eigenvalue weighted by Crippen LogP contribution is 2.28. The van der Waals surface area contributed by atoms with Crippen molar-refractivity contribution in [1.82, 2.24) is 0 Å². The monoisotopic (exact) mass is 322 g/mol. The molecule has 5 heteroatoms. The molecule has 0 aliphatic carbocycles. The second-order valence-electron chi connectivity index (χ2n) is 2.67. The van der Waals surface area contributed by atoms with Crippen molar-refractivity contribution in [1.29, 1.82) is 0 Å². The van der Waals surface area contributed by atoms with E-state index in [2.05, 4.69) is 31.9 Å². The van der Waals surface area contributed by atoms with Gasteiger partial charge in [-0.15, -0.1) is 0 Å². The van der Waals surface area contributed by atoms with Crippen molar-refractivity contribution in [3.05, 3.63) is 27.1 Å². The summed E-state index contributed by atoms with van der Waals surface area (Å²) in [6, 6.07) is 5.28. The minimum atomic E-state index is -0.986. The molecule has 0 aliphatic rings. The summed E-state index contributed by atoms with van der Waals surface area (Å²) >= 11 is 6.57. The van der Waals surface area contributed by atoms with Gasteiger partial charge in [-0.1, -0.05) is 15.9 Å². The maximum atomic E-state index is 10.5. The number of benzene rings is 1. The molecule has 0 amide bonds. The molecule has 76 valence electrons. The van der Waals surface area contributed by atoms with Gasteiger partial charge in [0.1, 0.15) is 5.75 Å². The number of rotatable bonds is 3. The predicted molar refractivity (Wildman–Crippen MR) is 59.6 cm³/mol. The molecule has 14 heavy (non-hydrogen) atoms. The maximum Gasteiger partial charge on any atom is 0.344 e. The minimum absolute atomic E-state index is 0.517. The largest absolute Gasteiger partial charge is 0.479 e. The zero-order valence-corrected chi connectivity index (χ0v) is 10.5. The van der Waals surface area contributed by atoms with Crippen molar-refractivity contribution in [2.75, 3.05) is 0 Å². The third kappa shape index (κ3) is 2.99. The highest BCUT2D eigenvalue weighted by molar-refractivity contribution is 9.11. The van der Waals surface area contributed by atoms with Crippen LogP contribution in [0.1, 0.15) is 6.92 Å². The highest BCUT2D eigenvalue weighted by atomic mass is 79.9. The third-order valence-corrected chi connectivity index (χ3v) is 2.66. The van der Waals surface area contributed by atoms with E-state index in [9.17, 15) is 4.79 Å². The van der Waals surface area contributed by atoms with Gasteiger partial charge >= 0.3 is 5.97 Å². The summed E-state index contributed by atoms with van der Waals surface area (Å²) in [5.74, 6) is -0.470. The van der Waals surface area contributed by atoms with E-state index in [0.717, 1.165) is 8.95 Å². The Kier molecular flexibility index (Phi) is 3.95. The van der Waals surface area contributed by atoms with Gasteiger partial charge in [0.2, 0.25) is 0 Å². The average Bonchev–Trinajstić information content (AvgIpc) is 2.09. The highest BCUT2D eigenvalue weighted by Gasteiger charge is 2.13. The lowest BCUT2D eigenvalue weighted by Gasteiger charge is -2.11. The number of hydrogen-bond acceptors (Lipinski definition) is 2. The van der Waals surface area contributed by atoms with E-state index in [-0.39, 0.29) is 0 Å². The molecule has 3 nitrogen and oxygen atoms in total. The number of carboxylic acid groups (broad SMARTS) is 1. The molecule has 1 rings (SSSR count). The molecule has 0 spiro atoms. The number of carboxylic acids is 1. The van der Waals surface area contributed by atoms with E-state index < -0.39 is 12.1 Å². The first kappa shape index (κ1) is 11.5. The molecule has 1 N–H and O–H groups in total. The number of carbonyl (C=O) groups is 1. The van der Waals surface area contributed by atoms with Gasteiger partial charge in [0.15, 0.2) is 6.10 Å². The number of aliphatic carboxylic acids is 1. The van der Waals surface area contributed by atoms with Crippen LogP contribution in [0.5, 0.6) is 5.75 Å². The molecular weight excluding hydrogens is 316 g/mol. The minimum Gasteiger partial charge on any atom is -0.479 e. The first-order chi connectivity index (χ1) is 6.50. The van der Waals surface area contributed by atoms with Crippen molar-refractivity contribution in [2.24, 2.45) is 0 Å². The van der Waals surface area contributed by atoms with Crippen molar-refractivity contribution in [2.45, 2.75) is 13.0 Å². The molecule has 0 radical (unpaired) electrons. The second kappa shape index (κ2) is 4.79. The van der Waals surface area contributed by atoms with Gasteiger partial charge < -0.3 is 9.84 Å².